The van der Waals surface area contributed by atoms with Crippen molar-refractivity contribution < 1.29 is 14.6 Å². The summed E-state index contributed by atoms with van der Waals surface area (Å²) in [6.45, 7) is 2.86. The molecule has 16 heavy (non-hydrogen) atoms. The second kappa shape index (κ2) is 8.50. The van der Waals surface area contributed by atoms with Gasteiger partial charge in [-0.3, -0.25) is 4.79 Å². The third kappa shape index (κ3) is 6.76. The van der Waals surface area contributed by atoms with Crippen molar-refractivity contribution in [2.45, 2.75) is 38.3 Å². The third-order valence-electron chi connectivity index (χ3n) is 2.44. The normalized spacial score (nSPS) is 14.6. The van der Waals surface area contributed by atoms with Gasteiger partial charge >= 0.3 is 0 Å². The van der Waals surface area contributed by atoms with E-state index in [2.05, 4.69) is 0 Å². The average Bonchev–Trinajstić information content (AvgIpc) is 2.24. The second-order valence-corrected chi connectivity index (χ2v) is 4.14. The predicted molar refractivity (Wildman–Crippen MR) is 63.0 cm³/mol. The SMILES string of the molecule is COCCCC(N)C(=O)N(C)CCC(C)O. The van der Waals surface area contributed by atoms with Crippen LogP contribution in [0.3, 0.4) is 0 Å². The van der Waals surface area contributed by atoms with Crippen molar-refractivity contribution in [2.24, 2.45) is 5.73 Å². The molecule has 5 nitrogen and oxygen atoms in total. The first-order valence-electron chi connectivity index (χ1n) is 5.66. The van der Waals surface area contributed by atoms with E-state index in [-0.39, 0.29) is 12.0 Å². The first-order valence-corrected chi connectivity index (χ1v) is 5.66. The summed E-state index contributed by atoms with van der Waals surface area (Å²) in [6, 6.07) is -0.464. The van der Waals surface area contributed by atoms with Gasteiger partial charge in [0, 0.05) is 27.3 Å². The van der Waals surface area contributed by atoms with E-state index in [4.69, 9.17) is 15.6 Å². The van der Waals surface area contributed by atoms with Crippen molar-refractivity contribution >= 4 is 5.91 Å². The third-order valence-corrected chi connectivity index (χ3v) is 2.44. The van der Waals surface area contributed by atoms with Gasteiger partial charge in [-0.25, -0.2) is 0 Å². The van der Waals surface area contributed by atoms with E-state index < -0.39 is 6.04 Å². The number of carbonyl (C=O) groups is 1. The van der Waals surface area contributed by atoms with Crippen LogP contribution in [0.1, 0.15) is 26.2 Å². The number of ether oxygens (including phenoxy) is 1. The Balaban J connectivity index is 3.82. The molecule has 0 saturated carbocycles. The molecule has 5 heteroatoms. The molecule has 0 heterocycles. The zero-order valence-electron chi connectivity index (χ0n) is 10.5. The topological polar surface area (TPSA) is 75.8 Å². The molecule has 3 N–H and O–H groups in total. The van der Waals surface area contributed by atoms with Crippen LogP contribution in [0.5, 0.6) is 0 Å². The summed E-state index contributed by atoms with van der Waals surface area (Å²) in [5.74, 6) is -0.0725. The maximum atomic E-state index is 11.7. The fourth-order valence-corrected chi connectivity index (χ4v) is 1.34. The molecule has 96 valence electrons. The molecule has 0 aromatic carbocycles. The highest BCUT2D eigenvalue weighted by Gasteiger charge is 2.17. The van der Waals surface area contributed by atoms with Crippen LogP contribution in [-0.4, -0.2) is 55.4 Å². The lowest BCUT2D eigenvalue weighted by Crippen LogP contribution is -2.42. The van der Waals surface area contributed by atoms with E-state index in [9.17, 15) is 4.79 Å². The molecule has 0 aromatic heterocycles. The molecule has 0 aliphatic carbocycles. The zero-order valence-corrected chi connectivity index (χ0v) is 10.5. The van der Waals surface area contributed by atoms with Crippen LogP contribution < -0.4 is 5.73 Å². The molecule has 0 fully saturated rings. The van der Waals surface area contributed by atoms with Crippen LogP contribution in [0.4, 0.5) is 0 Å². The number of amides is 1. The molecule has 0 aliphatic rings. The molecule has 0 aliphatic heterocycles. The Bertz CT molecular complexity index is 198. The fourth-order valence-electron chi connectivity index (χ4n) is 1.34. The van der Waals surface area contributed by atoms with Gasteiger partial charge in [0.2, 0.25) is 5.91 Å². The lowest BCUT2D eigenvalue weighted by molar-refractivity contribution is -0.131. The molecular formula is C11H24N2O3. The number of hydrogen-bond acceptors (Lipinski definition) is 4. The minimum absolute atomic E-state index is 0.0725. The fraction of sp³-hybridized carbons (Fsp3) is 0.909. The van der Waals surface area contributed by atoms with Gasteiger partial charge in [-0.15, -0.1) is 0 Å². The van der Waals surface area contributed by atoms with Crippen molar-refractivity contribution in [1.29, 1.82) is 0 Å². The molecule has 2 unspecified atom stereocenters. The summed E-state index contributed by atoms with van der Waals surface area (Å²) in [5.41, 5.74) is 5.76. The largest absolute Gasteiger partial charge is 0.393 e. The summed E-state index contributed by atoms with van der Waals surface area (Å²) in [4.78, 5) is 13.3. The van der Waals surface area contributed by atoms with Crippen molar-refractivity contribution in [2.75, 3.05) is 27.3 Å². The molecule has 2 atom stereocenters. The number of nitrogens with zero attached hydrogens (tertiary/aromatic N) is 1. The Hall–Kier alpha value is -0.650. The molecule has 0 saturated heterocycles. The molecular weight excluding hydrogens is 208 g/mol. The number of aliphatic hydroxyl groups excluding tert-OH is 1. The molecule has 0 bridgehead atoms. The van der Waals surface area contributed by atoms with E-state index in [1.807, 2.05) is 0 Å². The van der Waals surface area contributed by atoms with Gasteiger partial charge in [0.15, 0.2) is 0 Å². The Labute approximate surface area is 97.6 Å². The smallest absolute Gasteiger partial charge is 0.239 e. The summed E-state index contributed by atoms with van der Waals surface area (Å²) in [6.07, 6.45) is 1.60. The first-order chi connectivity index (χ1) is 7.49. The maximum Gasteiger partial charge on any atom is 0.239 e. The van der Waals surface area contributed by atoms with E-state index in [1.165, 1.54) is 0 Å². The number of carbonyl (C=O) groups excluding carboxylic acids is 1. The first kappa shape index (κ1) is 15.3. The van der Waals surface area contributed by atoms with Crippen LogP contribution in [0.2, 0.25) is 0 Å². The monoisotopic (exact) mass is 232 g/mol. The Morgan fingerprint density at radius 3 is 2.62 bits per heavy atom. The minimum Gasteiger partial charge on any atom is -0.393 e. The number of nitrogens with two attached hydrogens (primary N) is 1. The Morgan fingerprint density at radius 1 is 1.50 bits per heavy atom. The molecule has 0 aromatic rings. The van der Waals surface area contributed by atoms with Crippen LogP contribution in [0.25, 0.3) is 0 Å². The van der Waals surface area contributed by atoms with Crippen molar-refractivity contribution in [3.63, 3.8) is 0 Å². The van der Waals surface area contributed by atoms with E-state index >= 15 is 0 Å². The summed E-state index contributed by atoms with van der Waals surface area (Å²) < 4.78 is 4.90. The van der Waals surface area contributed by atoms with Crippen LogP contribution >= 0.6 is 0 Å². The minimum atomic E-state index is -0.464. The van der Waals surface area contributed by atoms with Gasteiger partial charge in [0.1, 0.15) is 0 Å². The van der Waals surface area contributed by atoms with Crippen LogP contribution in [0, 0.1) is 0 Å². The number of likely N-dealkylation sites (N-methyl/N-ethyl adjacent to an activating group) is 1. The van der Waals surface area contributed by atoms with Gasteiger partial charge < -0.3 is 20.5 Å². The lowest BCUT2D eigenvalue weighted by Gasteiger charge is -2.21. The van der Waals surface area contributed by atoms with E-state index in [0.29, 0.717) is 26.0 Å². The van der Waals surface area contributed by atoms with Crippen LogP contribution in [-0.2, 0) is 9.53 Å². The molecule has 0 radical (unpaired) electrons. The quantitative estimate of drug-likeness (QED) is 0.576. The van der Waals surface area contributed by atoms with Gasteiger partial charge in [-0.1, -0.05) is 0 Å². The summed E-state index contributed by atoms with van der Waals surface area (Å²) in [7, 11) is 3.34. The highest BCUT2D eigenvalue weighted by Crippen LogP contribution is 2.01. The average molecular weight is 232 g/mol. The number of hydrogen-bond donors (Lipinski definition) is 2. The van der Waals surface area contributed by atoms with Gasteiger partial charge in [-0.05, 0) is 26.2 Å². The van der Waals surface area contributed by atoms with Crippen molar-refractivity contribution in [3.05, 3.63) is 0 Å². The predicted octanol–water partition coefficient (Wildman–Crippen LogP) is -0.0304. The number of aliphatic hydroxyl groups is 1. The van der Waals surface area contributed by atoms with Crippen molar-refractivity contribution in [1.82, 2.24) is 4.90 Å². The van der Waals surface area contributed by atoms with Gasteiger partial charge in [0.05, 0.1) is 12.1 Å². The van der Waals surface area contributed by atoms with Crippen LogP contribution in [0.15, 0.2) is 0 Å². The van der Waals surface area contributed by atoms with E-state index in [1.54, 1.807) is 26.0 Å². The second-order valence-electron chi connectivity index (χ2n) is 4.14. The van der Waals surface area contributed by atoms with Gasteiger partial charge in [-0.2, -0.15) is 0 Å². The Kier molecular flexibility index (Phi) is 8.15. The van der Waals surface area contributed by atoms with E-state index in [0.717, 1.165) is 6.42 Å². The number of rotatable bonds is 8. The zero-order chi connectivity index (χ0) is 12.6. The molecule has 1 amide bonds. The number of methoxy groups -OCH3 is 1. The lowest BCUT2D eigenvalue weighted by atomic mass is 10.1. The maximum absolute atomic E-state index is 11.7. The summed E-state index contributed by atoms with van der Waals surface area (Å²) in [5, 5.41) is 9.11. The van der Waals surface area contributed by atoms with Gasteiger partial charge in [0.25, 0.3) is 0 Å². The highest BCUT2D eigenvalue weighted by molar-refractivity contribution is 5.81. The highest BCUT2D eigenvalue weighted by atomic mass is 16.5. The Morgan fingerprint density at radius 2 is 2.12 bits per heavy atom. The molecule has 0 rings (SSSR count). The molecule has 0 spiro atoms. The summed E-state index contributed by atoms with van der Waals surface area (Å²) >= 11 is 0. The van der Waals surface area contributed by atoms with Crippen molar-refractivity contribution in [3.8, 4) is 0 Å². The standard InChI is InChI=1S/C11H24N2O3/c1-9(14)6-7-13(2)11(15)10(12)5-4-8-16-3/h9-10,14H,4-8,12H2,1-3H3.